The summed E-state index contributed by atoms with van der Waals surface area (Å²) in [6.07, 6.45) is 0. The number of carbonyl (C=O) groups excluding carboxylic acids is 1. The molecule has 26 heavy (non-hydrogen) atoms. The molecule has 0 atom stereocenters. The number of carbonyl (C=O) groups is 1. The maximum atomic E-state index is 12.2. The first-order chi connectivity index (χ1) is 12.6. The third-order valence-electron chi connectivity index (χ3n) is 3.79. The van der Waals surface area contributed by atoms with Gasteiger partial charge in [-0.2, -0.15) is 0 Å². The molecule has 0 saturated carbocycles. The number of benzene rings is 2. The summed E-state index contributed by atoms with van der Waals surface area (Å²) >= 11 is 6.11. The zero-order chi connectivity index (χ0) is 18.5. The largest absolute Gasteiger partial charge is 0.497 e. The van der Waals surface area contributed by atoms with Gasteiger partial charge in [0.1, 0.15) is 5.75 Å². The third kappa shape index (κ3) is 4.10. The first-order valence-electron chi connectivity index (χ1n) is 7.88. The third-order valence-corrected chi connectivity index (χ3v) is 4.20. The van der Waals surface area contributed by atoms with Crippen LogP contribution in [0.4, 0.5) is 17.3 Å². The number of anilines is 3. The molecule has 0 aliphatic heterocycles. The lowest BCUT2D eigenvalue weighted by molar-refractivity contribution is 0.102. The van der Waals surface area contributed by atoms with Crippen LogP contribution < -0.4 is 15.4 Å². The highest BCUT2D eigenvalue weighted by Gasteiger charge is 2.08. The standard InChI is InChI=1S/C19H17ClN4O2/c1-12-15(20)4-3-5-16(12)21-17-10-11-18(24-23-17)22-19(25)13-6-8-14(26-2)9-7-13/h3-11H,1-2H3,(H,21,23)(H,22,24,25). The van der Waals surface area contributed by atoms with Crippen LogP contribution in [0.1, 0.15) is 15.9 Å². The molecule has 2 aromatic carbocycles. The van der Waals surface area contributed by atoms with Gasteiger partial charge in [-0.15, -0.1) is 10.2 Å². The van der Waals surface area contributed by atoms with Crippen molar-refractivity contribution in [3.05, 3.63) is 70.7 Å². The van der Waals surface area contributed by atoms with Crippen LogP contribution in [0.2, 0.25) is 5.02 Å². The lowest BCUT2D eigenvalue weighted by atomic mass is 10.2. The molecule has 0 saturated heterocycles. The van der Waals surface area contributed by atoms with E-state index in [-0.39, 0.29) is 5.91 Å². The highest BCUT2D eigenvalue weighted by atomic mass is 35.5. The van der Waals surface area contributed by atoms with Gasteiger partial charge in [0.05, 0.1) is 7.11 Å². The Hall–Kier alpha value is -3.12. The zero-order valence-electron chi connectivity index (χ0n) is 14.3. The minimum atomic E-state index is -0.270. The SMILES string of the molecule is COc1ccc(C(=O)Nc2ccc(Nc3cccc(Cl)c3C)nn2)cc1. The number of nitrogens with zero attached hydrogens (tertiary/aromatic N) is 2. The second-order valence-electron chi connectivity index (χ2n) is 5.52. The second kappa shape index (κ2) is 7.84. The summed E-state index contributed by atoms with van der Waals surface area (Å²) in [4.78, 5) is 12.2. The van der Waals surface area contributed by atoms with Gasteiger partial charge in [0.25, 0.3) is 5.91 Å². The van der Waals surface area contributed by atoms with E-state index in [9.17, 15) is 4.79 Å². The van der Waals surface area contributed by atoms with Gasteiger partial charge in [0, 0.05) is 16.3 Å². The fraction of sp³-hybridized carbons (Fsp3) is 0.105. The van der Waals surface area contributed by atoms with Crippen molar-refractivity contribution in [2.24, 2.45) is 0 Å². The van der Waals surface area contributed by atoms with E-state index in [1.54, 1.807) is 43.5 Å². The van der Waals surface area contributed by atoms with Crippen molar-refractivity contribution in [1.82, 2.24) is 10.2 Å². The summed E-state index contributed by atoms with van der Waals surface area (Å²) in [7, 11) is 1.57. The van der Waals surface area contributed by atoms with Crippen molar-refractivity contribution >= 4 is 34.8 Å². The molecule has 0 aliphatic rings. The predicted molar refractivity (Wildman–Crippen MR) is 102 cm³/mol. The maximum Gasteiger partial charge on any atom is 0.256 e. The first kappa shape index (κ1) is 17.7. The number of hydrogen-bond donors (Lipinski definition) is 2. The first-order valence-corrected chi connectivity index (χ1v) is 8.26. The highest BCUT2D eigenvalue weighted by molar-refractivity contribution is 6.31. The molecule has 6 nitrogen and oxygen atoms in total. The normalized spacial score (nSPS) is 10.3. The van der Waals surface area contributed by atoms with Crippen LogP contribution in [-0.2, 0) is 0 Å². The fourth-order valence-corrected chi connectivity index (χ4v) is 2.45. The molecule has 7 heteroatoms. The van der Waals surface area contributed by atoms with Gasteiger partial charge in [0.15, 0.2) is 11.6 Å². The van der Waals surface area contributed by atoms with E-state index in [4.69, 9.17) is 16.3 Å². The summed E-state index contributed by atoms with van der Waals surface area (Å²) < 4.78 is 5.08. The predicted octanol–water partition coefficient (Wildman–Crippen LogP) is 4.44. The Morgan fingerprint density at radius 1 is 1.00 bits per heavy atom. The molecular formula is C19H17ClN4O2. The van der Waals surface area contributed by atoms with Crippen molar-refractivity contribution in [2.45, 2.75) is 6.92 Å². The van der Waals surface area contributed by atoms with Crippen LogP contribution >= 0.6 is 11.6 Å². The molecule has 1 aromatic heterocycles. The Morgan fingerprint density at radius 3 is 2.35 bits per heavy atom. The minimum absolute atomic E-state index is 0.270. The average Bonchev–Trinajstić information content (AvgIpc) is 2.67. The van der Waals surface area contributed by atoms with E-state index in [2.05, 4.69) is 20.8 Å². The van der Waals surface area contributed by atoms with Gasteiger partial charge < -0.3 is 15.4 Å². The molecule has 0 fully saturated rings. The summed E-state index contributed by atoms with van der Waals surface area (Å²) in [5, 5.41) is 14.6. The number of nitrogens with one attached hydrogen (secondary N) is 2. The van der Waals surface area contributed by atoms with E-state index >= 15 is 0 Å². The molecule has 3 rings (SSSR count). The number of hydrogen-bond acceptors (Lipinski definition) is 5. The van der Waals surface area contributed by atoms with E-state index in [0.29, 0.717) is 28.0 Å². The number of rotatable bonds is 5. The van der Waals surface area contributed by atoms with E-state index in [1.165, 1.54) is 0 Å². The van der Waals surface area contributed by atoms with Crippen LogP contribution in [0, 0.1) is 6.92 Å². The van der Waals surface area contributed by atoms with Gasteiger partial charge in [-0.3, -0.25) is 4.79 Å². The van der Waals surface area contributed by atoms with Crippen LogP contribution in [0.3, 0.4) is 0 Å². The maximum absolute atomic E-state index is 12.2. The Kier molecular flexibility index (Phi) is 5.34. The van der Waals surface area contributed by atoms with Gasteiger partial charge in [-0.25, -0.2) is 0 Å². The number of halogens is 1. The summed E-state index contributed by atoms with van der Waals surface area (Å²) in [6, 6.07) is 15.8. The monoisotopic (exact) mass is 368 g/mol. The molecule has 0 bridgehead atoms. The number of amides is 1. The smallest absolute Gasteiger partial charge is 0.256 e. The quantitative estimate of drug-likeness (QED) is 0.696. The number of aromatic nitrogens is 2. The van der Waals surface area contributed by atoms with Gasteiger partial charge in [0.2, 0.25) is 0 Å². The molecule has 132 valence electrons. The van der Waals surface area contributed by atoms with Crippen molar-refractivity contribution in [1.29, 1.82) is 0 Å². The molecule has 0 radical (unpaired) electrons. The van der Waals surface area contributed by atoms with Crippen LogP contribution in [0.25, 0.3) is 0 Å². The number of methoxy groups -OCH3 is 1. The fourth-order valence-electron chi connectivity index (χ4n) is 2.28. The summed E-state index contributed by atoms with van der Waals surface area (Å²) in [5.41, 5.74) is 2.28. The molecule has 3 aromatic rings. The minimum Gasteiger partial charge on any atom is -0.497 e. The molecule has 1 amide bonds. The van der Waals surface area contributed by atoms with Crippen LogP contribution in [-0.4, -0.2) is 23.2 Å². The molecule has 2 N–H and O–H groups in total. The van der Waals surface area contributed by atoms with Gasteiger partial charge >= 0.3 is 0 Å². The highest BCUT2D eigenvalue weighted by Crippen LogP contribution is 2.25. The second-order valence-corrected chi connectivity index (χ2v) is 5.93. The van der Waals surface area contributed by atoms with E-state index in [0.717, 1.165) is 11.3 Å². The Labute approximate surface area is 156 Å². The zero-order valence-corrected chi connectivity index (χ0v) is 15.0. The Bertz CT molecular complexity index is 912. The summed E-state index contributed by atoms with van der Waals surface area (Å²) in [5.74, 6) is 1.33. The lowest BCUT2D eigenvalue weighted by Gasteiger charge is -2.10. The number of ether oxygens (including phenoxy) is 1. The van der Waals surface area contributed by atoms with Crippen molar-refractivity contribution in [2.75, 3.05) is 17.7 Å². The molecular weight excluding hydrogens is 352 g/mol. The molecule has 0 aliphatic carbocycles. The van der Waals surface area contributed by atoms with Crippen LogP contribution in [0.5, 0.6) is 5.75 Å². The van der Waals surface area contributed by atoms with E-state index < -0.39 is 0 Å². The lowest BCUT2D eigenvalue weighted by Crippen LogP contribution is -2.13. The van der Waals surface area contributed by atoms with Gasteiger partial charge in [-0.1, -0.05) is 17.7 Å². The van der Waals surface area contributed by atoms with Crippen molar-refractivity contribution in [3.8, 4) is 5.75 Å². The Morgan fingerprint density at radius 2 is 1.69 bits per heavy atom. The van der Waals surface area contributed by atoms with E-state index in [1.807, 2.05) is 25.1 Å². The van der Waals surface area contributed by atoms with Crippen molar-refractivity contribution < 1.29 is 9.53 Å². The molecule has 0 spiro atoms. The Balaban J connectivity index is 1.67. The van der Waals surface area contributed by atoms with Gasteiger partial charge in [-0.05, 0) is 61.0 Å². The van der Waals surface area contributed by atoms with Crippen LogP contribution in [0.15, 0.2) is 54.6 Å². The summed E-state index contributed by atoms with van der Waals surface area (Å²) in [6.45, 7) is 1.92. The molecule has 1 heterocycles. The topological polar surface area (TPSA) is 76.1 Å². The molecule has 0 unspecified atom stereocenters. The van der Waals surface area contributed by atoms with Crippen molar-refractivity contribution in [3.63, 3.8) is 0 Å². The average molecular weight is 369 g/mol.